The minimum atomic E-state index is -0.136. The standard InChI is InChI=1S/C23H33N3O2/c1-17-8-9-20(18(2)16-17)10-11-22(27)26-14-12-25(13-15-26)19(3)23(28)24-21-6-4-5-7-21/h8-11,16,19,21H,4-7,12-15H2,1-3H3,(H,24,28)/b11-10+. The van der Waals surface area contributed by atoms with Crippen molar-refractivity contribution in [2.45, 2.75) is 58.5 Å². The van der Waals surface area contributed by atoms with Crippen LogP contribution >= 0.6 is 0 Å². The summed E-state index contributed by atoms with van der Waals surface area (Å²) in [5.74, 6) is 0.170. The van der Waals surface area contributed by atoms with Crippen LogP contribution in [0.3, 0.4) is 0 Å². The Bertz CT molecular complexity index is 729. The molecule has 1 aromatic rings. The minimum absolute atomic E-state index is 0.0442. The van der Waals surface area contributed by atoms with Gasteiger partial charge in [-0.2, -0.15) is 0 Å². The first-order chi connectivity index (χ1) is 13.4. The van der Waals surface area contributed by atoms with E-state index in [9.17, 15) is 9.59 Å². The molecule has 3 rings (SSSR count). The van der Waals surface area contributed by atoms with Crippen molar-refractivity contribution in [3.63, 3.8) is 0 Å². The predicted molar refractivity (Wildman–Crippen MR) is 113 cm³/mol. The molecule has 1 N–H and O–H groups in total. The number of carbonyl (C=O) groups is 2. The van der Waals surface area contributed by atoms with Gasteiger partial charge in [0.05, 0.1) is 6.04 Å². The third-order valence-electron chi connectivity index (χ3n) is 6.09. The van der Waals surface area contributed by atoms with Crippen LogP contribution in [0.15, 0.2) is 24.3 Å². The van der Waals surface area contributed by atoms with Gasteiger partial charge in [0.25, 0.3) is 0 Å². The molecule has 28 heavy (non-hydrogen) atoms. The van der Waals surface area contributed by atoms with E-state index in [-0.39, 0.29) is 17.9 Å². The predicted octanol–water partition coefficient (Wildman–Crippen LogP) is 2.91. The second-order valence-electron chi connectivity index (χ2n) is 8.22. The Hall–Kier alpha value is -2.14. The van der Waals surface area contributed by atoms with Gasteiger partial charge in [0.1, 0.15) is 0 Å². The Morgan fingerprint density at radius 3 is 2.43 bits per heavy atom. The number of hydrogen-bond acceptors (Lipinski definition) is 3. The molecule has 1 unspecified atom stereocenters. The lowest BCUT2D eigenvalue weighted by Gasteiger charge is -2.37. The number of hydrogen-bond donors (Lipinski definition) is 1. The Balaban J connectivity index is 1.48. The lowest BCUT2D eigenvalue weighted by molar-refractivity contribution is -0.130. The molecule has 0 aromatic heterocycles. The topological polar surface area (TPSA) is 52.7 Å². The van der Waals surface area contributed by atoms with Gasteiger partial charge in [-0.3, -0.25) is 14.5 Å². The number of nitrogens with one attached hydrogen (secondary N) is 1. The monoisotopic (exact) mass is 383 g/mol. The maximum absolute atomic E-state index is 12.5. The van der Waals surface area contributed by atoms with Crippen LogP contribution in [0.2, 0.25) is 0 Å². The van der Waals surface area contributed by atoms with E-state index in [1.54, 1.807) is 6.08 Å². The quantitative estimate of drug-likeness (QED) is 0.796. The van der Waals surface area contributed by atoms with Crippen molar-refractivity contribution in [3.8, 4) is 0 Å². The fourth-order valence-corrected chi connectivity index (χ4v) is 4.17. The first kappa shape index (κ1) is 20.6. The summed E-state index contributed by atoms with van der Waals surface area (Å²) >= 11 is 0. The van der Waals surface area contributed by atoms with Crippen LogP contribution in [-0.2, 0) is 9.59 Å². The molecule has 152 valence electrons. The molecule has 1 saturated carbocycles. The highest BCUT2D eigenvalue weighted by atomic mass is 16.2. The van der Waals surface area contributed by atoms with Gasteiger partial charge in [0.2, 0.25) is 11.8 Å². The molecule has 1 atom stereocenters. The largest absolute Gasteiger partial charge is 0.352 e. The smallest absolute Gasteiger partial charge is 0.246 e. The number of piperazine rings is 1. The Morgan fingerprint density at radius 1 is 1.11 bits per heavy atom. The summed E-state index contributed by atoms with van der Waals surface area (Å²) in [6.07, 6.45) is 8.22. The summed E-state index contributed by atoms with van der Waals surface area (Å²) in [7, 11) is 0. The summed E-state index contributed by atoms with van der Waals surface area (Å²) in [5, 5.41) is 3.19. The van der Waals surface area contributed by atoms with Gasteiger partial charge in [-0.1, -0.05) is 36.6 Å². The Labute approximate surface area is 168 Å². The molecule has 2 fully saturated rings. The van der Waals surface area contributed by atoms with Gasteiger partial charge < -0.3 is 10.2 Å². The number of aryl methyl sites for hydroxylation is 2. The van der Waals surface area contributed by atoms with E-state index in [0.29, 0.717) is 19.1 Å². The van der Waals surface area contributed by atoms with E-state index in [0.717, 1.165) is 31.5 Å². The second-order valence-corrected chi connectivity index (χ2v) is 8.22. The molecule has 2 amide bonds. The van der Waals surface area contributed by atoms with Crippen LogP contribution in [0.1, 0.15) is 49.3 Å². The van der Waals surface area contributed by atoms with Crippen molar-refractivity contribution in [1.29, 1.82) is 0 Å². The zero-order valence-electron chi connectivity index (χ0n) is 17.4. The Kier molecular flexibility index (Phi) is 6.89. The van der Waals surface area contributed by atoms with Gasteiger partial charge in [0, 0.05) is 38.3 Å². The SMILES string of the molecule is Cc1ccc(/C=C/C(=O)N2CCN(C(C)C(=O)NC3CCCC3)CC2)c(C)c1. The zero-order valence-corrected chi connectivity index (χ0v) is 17.4. The highest BCUT2D eigenvalue weighted by Gasteiger charge is 2.28. The van der Waals surface area contributed by atoms with Crippen LogP contribution in [0.4, 0.5) is 0 Å². The summed E-state index contributed by atoms with van der Waals surface area (Å²) < 4.78 is 0. The van der Waals surface area contributed by atoms with Crippen LogP contribution in [0.5, 0.6) is 0 Å². The van der Waals surface area contributed by atoms with Crippen molar-refractivity contribution in [2.24, 2.45) is 0 Å². The lowest BCUT2D eigenvalue weighted by atomic mass is 10.1. The third kappa shape index (κ3) is 5.22. The van der Waals surface area contributed by atoms with E-state index in [1.165, 1.54) is 24.0 Å². The number of carbonyl (C=O) groups excluding carboxylic acids is 2. The van der Waals surface area contributed by atoms with Gasteiger partial charge in [-0.25, -0.2) is 0 Å². The number of rotatable bonds is 5. The summed E-state index contributed by atoms with van der Waals surface area (Å²) in [5.41, 5.74) is 3.48. The van der Waals surface area contributed by atoms with Crippen LogP contribution < -0.4 is 5.32 Å². The van der Waals surface area contributed by atoms with Gasteiger partial charge >= 0.3 is 0 Å². The maximum atomic E-state index is 12.5. The van der Waals surface area contributed by atoms with E-state index in [4.69, 9.17) is 0 Å². The maximum Gasteiger partial charge on any atom is 0.246 e. The molecular weight excluding hydrogens is 350 g/mol. The third-order valence-corrected chi connectivity index (χ3v) is 6.09. The lowest BCUT2D eigenvalue weighted by Crippen LogP contribution is -2.55. The highest BCUT2D eigenvalue weighted by Crippen LogP contribution is 2.18. The van der Waals surface area contributed by atoms with Crippen molar-refractivity contribution in [1.82, 2.24) is 15.1 Å². The zero-order chi connectivity index (χ0) is 20.1. The number of nitrogens with zero attached hydrogens (tertiary/aromatic N) is 2. The molecule has 1 aliphatic carbocycles. The molecule has 0 bridgehead atoms. The normalized spacial score (nSPS) is 19.9. The van der Waals surface area contributed by atoms with Crippen molar-refractivity contribution >= 4 is 17.9 Å². The molecule has 1 aliphatic heterocycles. The first-order valence-corrected chi connectivity index (χ1v) is 10.5. The van der Waals surface area contributed by atoms with Crippen molar-refractivity contribution in [3.05, 3.63) is 41.0 Å². The molecule has 5 nitrogen and oxygen atoms in total. The summed E-state index contributed by atoms with van der Waals surface area (Å²) in [4.78, 5) is 29.1. The first-order valence-electron chi connectivity index (χ1n) is 10.5. The van der Waals surface area contributed by atoms with E-state index in [1.807, 2.05) is 17.9 Å². The van der Waals surface area contributed by atoms with Gasteiger partial charge in [-0.05, 0) is 50.8 Å². The van der Waals surface area contributed by atoms with Crippen molar-refractivity contribution < 1.29 is 9.59 Å². The molecule has 2 aliphatic rings. The van der Waals surface area contributed by atoms with E-state index < -0.39 is 0 Å². The van der Waals surface area contributed by atoms with Gasteiger partial charge in [-0.15, -0.1) is 0 Å². The molecule has 1 aromatic carbocycles. The average molecular weight is 384 g/mol. The molecule has 5 heteroatoms. The summed E-state index contributed by atoms with van der Waals surface area (Å²) in [6.45, 7) is 8.91. The van der Waals surface area contributed by atoms with E-state index >= 15 is 0 Å². The van der Waals surface area contributed by atoms with Crippen LogP contribution in [0, 0.1) is 13.8 Å². The summed E-state index contributed by atoms with van der Waals surface area (Å²) in [6, 6.07) is 6.46. The highest BCUT2D eigenvalue weighted by molar-refractivity contribution is 5.92. The number of amides is 2. The fourth-order valence-electron chi connectivity index (χ4n) is 4.17. The number of benzene rings is 1. The van der Waals surface area contributed by atoms with Crippen LogP contribution in [-0.4, -0.2) is 59.9 Å². The molecule has 1 saturated heterocycles. The van der Waals surface area contributed by atoms with Gasteiger partial charge in [0.15, 0.2) is 0 Å². The molecule has 1 heterocycles. The van der Waals surface area contributed by atoms with Crippen LogP contribution in [0.25, 0.3) is 6.08 Å². The fraction of sp³-hybridized carbons (Fsp3) is 0.565. The molecule has 0 radical (unpaired) electrons. The second kappa shape index (κ2) is 9.37. The Morgan fingerprint density at radius 2 is 1.79 bits per heavy atom. The van der Waals surface area contributed by atoms with E-state index in [2.05, 4.69) is 42.3 Å². The molecule has 0 spiro atoms. The molecular formula is C23H33N3O2. The van der Waals surface area contributed by atoms with Crippen molar-refractivity contribution in [2.75, 3.05) is 26.2 Å². The average Bonchev–Trinajstić information content (AvgIpc) is 3.19. The minimum Gasteiger partial charge on any atom is -0.352 e.